The molecule has 10 atom stereocenters. The van der Waals surface area contributed by atoms with Gasteiger partial charge in [-0.2, -0.15) is 0 Å². The Hall–Kier alpha value is -6.97. The highest BCUT2D eigenvalue weighted by Crippen LogP contribution is 2.14. The van der Waals surface area contributed by atoms with E-state index in [4.69, 9.17) is 17.2 Å². The third-order valence-corrected chi connectivity index (χ3v) is 12.3. The van der Waals surface area contributed by atoms with Crippen molar-refractivity contribution in [3.8, 4) is 0 Å². The third kappa shape index (κ3) is 27.0. The Morgan fingerprint density at radius 3 is 1.26 bits per heavy atom. The minimum absolute atomic E-state index is 0.0198. The van der Waals surface area contributed by atoms with E-state index in [0.717, 1.165) is 0 Å². The molecule has 0 aliphatic carbocycles. The van der Waals surface area contributed by atoms with E-state index < -0.39 is 182 Å². The first kappa shape index (κ1) is 69.0. The van der Waals surface area contributed by atoms with E-state index in [0.29, 0.717) is 25.7 Å². The van der Waals surface area contributed by atoms with Crippen LogP contribution in [0.1, 0.15) is 132 Å². The van der Waals surface area contributed by atoms with Crippen LogP contribution in [-0.2, 0) is 62.3 Å². The SMILES string of the molecule is CC[C@H](C)[C@H](NC(=O)[C@H](CCC(=O)O)NC(=O)CN)C(=O)N[C@@H](CCC(N)=O)C(=O)N[C@@H](CC(C)C)C(=O)N[C@@H](CCCCN)C(=O)NCC(=O)N[C@@H](CCC(=O)O)C(=O)N[C@H](C(=O)N[C@H](C(=O)O)C(C)C)[C@@H](C)CC. The number of carboxylic acids is 3. The molecule has 0 spiro atoms. The molecule has 0 fully saturated rings. The summed E-state index contributed by atoms with van der Waals surface area (Å²) in [7, 11) is 0. The van der Waals surface area contributed by atoms with Gasteiger partial charge in [0.1, 0.15) is 48.3 Å². The van der Waals surface area contributed by atoms with E-state index in [1.54, 1.807) is 55.4 Å². The zero-order chi connectivity index (χ0) is 58.4. The smallest absolute Gasteiger partial charge is 0.326 e. The largest absolute Gasteiger partial charge is 0.481 e. The molecule has 0 radical (unpaired) electrons. The van der Waals surface area contributed by atoms with Crippen molar-refractivity contribution in [2.75, 3.05) is 19.6 Å². The molecule has 0 rings (SSSR count). The number of carbonyl (C=O) groups excluding carboxylic acids is 10. The number of hydrogen-bond acceptors (Lipinski definition) is 15. The van der Waals surface area contributed by atoms with Crippen molar-refractivity contribution in [2.24, 2.45) is 40.9 Å². The van der Waals surface area contributed by atoms with Gasteiger partial charge in [-0.15, -0.1) is 0 Å². The molecule has 0 unspecified atom stereocenters. The zero-order valence-corrected chi connectivity index (χ0v) is 44.9. The predicted molar refractivity (Wildman–Crippen MR) is 273 cm³/mol. The van der Waals surface area contributed by atoms with Crippen LogP contribution in [0.2, 0.25) is 0 Å². The van der Waals surface area contributed by atoms with E-state index in [2.05, 4.69) is 47.9 Å². The maximum absolute atomic E-state index is 14.1. The Morgan fingerprint density at radius 1 is 0.447 bits per heavy atom. The van der Waals surface area contributed by atoms with Gasteiger partial charge in [0.25, 0.3) is 0 Å². The summed E-state index contributed by atoms with van der Waals surface area (Å²) >= 11 is 0. The number of nitrogens with one attached hydrogen (secondary N) is 9. The summed E-state index contributed by atoms with van der Waals surface area (Å²) in [6.07, 6.45) is -1.42. The van der Waals surface area contributed by atoms with E-state index in [9.17, 15) is 77.6 Å². The van der Waals surface area contributed by atoms with Gasteiger partial charge in [0.15, 0.2) is 0 Å². The number of nitrogens with two attached hydrogens (primary N) is 3. The fraction of sp³-hybridized carbons (Fsp3) is 0.729. The summed E-state index contributed by atoms with van der Waals surface area (Å²) < 4.78 is 0. The van der Waals surface area contributed by atoms with Gasteiger partial charge in [-0.1, -0.05) is 68.2 Å². The maximum Gasteiger partial charge on any atom is 0.326 e. The summed E-state index contributed by atoms with van der Waals surface area (Å²) in [6, 6.07) is -11.2. The summed E-state index contributed by atoms with van der Waals surface area (Å²) in [5.41, 5.74) is 16.5. The van der Waals surface area contributed by atoms with Gasteiger partial charge in [-0.05, 0) is 75.2 Å². The van der Waals surface area contributed by atoms with Crippen LogP contribution in [0.15, 0.2) is 0 Å². The van der Waals surface area contributed by atoms with Crippen LogP contribution in [0.25, 0.3) is 0 Å². The summed E-state index contributed by atoms with van der Waals surface area (Å²) in [6.45, 7) is 12.2. The number of primary amides is 1. The molecule has 0 saturated heterocycles. The lowest BCUT2D eigenvalue weighted by atomic mass is 9.96. The normalized spacial score (nSPS) is 15.1. The molecule has 0 aromatic heterocycles. The quantitative estimate of drug-likeness (QED) is 0.0272. The maximum atomic E-state index is 14.1. The first-order valence-corrected chi connectivity index (χ1v) is 25.6. The third-order valence-electron chi connectivity index (χ3n) is 12.3. The van der Waals surface area contributed by atoms with Crippen molar-refractivity contribution in [1.82, 2.24) is 47.9 Å². The van der Waals surface area contributed by atoms with E-state index in [1.165, 1.54) is 0 Å². The Labute approximate surface area is 442 Å². The molecule has 0 heterocycles. The highest BCUT2D eigenvalue weighted by Gasteiger charge is 2.36. The van der Waals surface area contributed by atoms with Crippen molar-refractivity contribution in [3.63, 3.8) is 0 Å². The van der Waals surface area contributed by atoms with Crippen LogP contribution in [0.3, 0.4) is 0 Å². The molecule has 0 aromatic rings. The molecule has 432 valence electrons. The highest BCUT2D eigenvalue weighted by atomic mass is 16.4. The number of carboxylic acid groups (broad SMARTS) is 3. The van der Waals surface area contributed by atoms with E-state index >= 15 is 0 Å². The van der Waals surface area contributed by atoms with Crippen molar-refractivity contribution in [1.29, 1.82) is 0 Å². The van der Waals surface area contributed by atoms with E-state index in [1.807, 2.05) is 0 Å². The van der Waals surface area contributed by atoms with Crippen LogP contribution in [0, 0.1) is 23.7 Å². The zero-order valence-electron chi connectivity index (χ0n) is 44.9. The summed E-state index contributed by atoms with van der Waals surface area (Å²) in [5, 5.41) is 50.4. The van der Waals surface area contributed by atoms with Crippen LogP contribution in [0.4, 0.5) is 0 Å². The Bertz CT molecular complexity index is 2010. The molecule has 28 heteroatoms. The van der Waals surface area contributed by atoms with Crippen molar-refractivity contribution in [2.45, 2.75) is 181 Å². The molecule has 0 aliphatic rings. The van der Waals surface area contributed by atoms with Gasteiger partial charge in [0.05, 0.1) is 13.1 Å². The molecule has 0 bridgehead atoms. The Balaban J connectivity index is 6.57. The summed E-state index contributed by atoms with van der Waals surface area (Å²) in [5.74, 6) is -14.8. The lowest BCUT2D eigenvalue weighted by Crippen LogP contribution is -2.60. The van der Waals surface area contributed by atoms with Crippen LogP contribution >= 0.6 is 0 Å². The van der Waals surface area contributed by atoms with Gasteiger partial charge < -0.3 is 80.4 Å². The van der Waals surface area contributed by atoms with Gasteiger partial charge in [0, 0.05) is 19.3 Å². The number of rotatable bonds is 39. The van der Waals surface area contributed by atoms with Gasteiger partial charge >= 0.3 is 17.9 Å². The average Bonchev–Trinajstić information content (AvgIpc) is 3.34. The second-order valence-corrected chi connectivity index (χ2v) is 19.4. The van der Waals surface area contributed by atoms with Gasteiger partial charge in [-0.3, -0.25) is 57.5 Å². The Morgan fingerprint density at radius 2 is 0.842 bits per heavy atom. The van der Waals surface area contributed by atoms with Crippen LogP contribution in [-0.4, -0.2) is 160 Å². The van der Waals surface area contributed by atoms with Crippen molar-refractivity contribution < 1.29 is 77.6 Å². The fourth-order valence-electron chi connectivity index (χ4n) is 7.36. The second kappa shape index (κ2) is 36.1. The number of carbonyl (C=O) groups is 13. The van der Waals surface area contributed by atoms with Gasteiger partial charge in [0.2, 0.25) is 59.1 Å². The topological polar surface area (TPSA) is 469 Å². The van der Waals surface area contributed by atoms with Crippen LogP contribution < -0.4 is 65.1 Å². The van der Waals surface area contributed by atoms with Crippen LogP contribution in [0.5, 0.6) is 0 Å². The first-order valence-electron chi connectivity index (χ1n) is 25.6. The molecule has 0 aromatic carbocycles. The lowest BCUT2D eigenvalue weighted by molar-refractivity contribution is -0.144. The molecular weight excluding hydrogens is 1000 g/mol. The molecule has 0 aliphatic heterocycles. The summed E-state index contributed by atoms with van der Waals surface area (Å²) in [4.78, 5) is 168. The lowest BCUT2D eigenvalue weighted by Gasteiger charge is -2.29. The number of unbranched alkanes of at least 4 members (excludes halogenated alkanes) is 1. The molecule has 18 N–H and O–H groups in total. The van der Waals surface area contributed by atoms with Gasteiger partial charge in [-0.25, -0.2) is 4.79 Å². The highest BCUT2D eigenvalue weighted by molar-refractivity contribution is 5.98. The number of hydrogen-bond donors (Lipinski definition) is 15. The standard InChI is InChI=1S/C48H84N12O16/c1-9-26(7)39(59-43(70)29(15-18-36(64)65)53-34(62)22-50)46(73)56-31(14-17-33(51)61)42(69)57-32(21-24(3)4)45(72)55-28(13-11-12-20-49)41(68)52-23-35(63)54-30(16-19-37(66)67)44(71)60-40(27(8)10-2)47(74)58-38(25(5)6)48(75)76/h24-32,38-40H,9-23,49-50H2,1-8H3,(H2,51,61)(H,52,68)(H,53,62)(H,54,63)(H,55,72)(H,56,73)(H,57,69)(H,58,74)(H,59,70)(H,60,71)(H,64,65)(H,66,67)(H,75,76)/t26-,27-,28-,29-,30-,31-,32-,38-,39-,40-/m0/s1. The first-order chi connectivity index (χ1) is 35.5. The minimum Gasteiger partial charge on any atom is -0.481 e. The molecular formula is C48H84N12O16. The monoisotopic (exact) mass is 1080 g/mol. The Kier molecular flexibility index (Phi) is 32.8. The molecule has 76 heavy (non-hydrogen) atoms. The van der Waals surface area contributed by atoms with Crippen molar-refractivity contribution >= 4 is 77.0 Å². The molecule has 28 nitrogen and oxygen atoms in total. The second-order valence-electron chi connectivity index (χ2n) is 19.4. The minimum atomic E-state index is -1.55. The molecule has 0 saturated carbocycles. The van der Waals surface area contributed by atoms with E-state index in [-0.39, 0.29) is 38.1 Å². The average molecular weight is 1090 g/mol. The number of aliphatic carboxylic acids is 3. The fourth-order valence-corrected chi connectivity index (χ4v) is 7.36. The van der Waals surface area contributed by atoms with Crippen molar-refractivity contribution in [3.05, 3.63) is 0 Å². The predicted octanol–water partition coefficient (Wildman–Crippen LogP) is -3.06. The number of amides is 10. The molecule has 10 amide bonds.